The second kappa shape index (κ2) is 8.29. The topological polar surface area (TPSA) is 50.9 Å². The molecule has 0 unspecified atom stereocenters. The molecule has 4 nitrogen and oxygen atoms in total. The van der Waals surface area contributed by atoms with Gasteiger partial charge in [0.05, 0.1) is 5.69 Å². The largest absolute Gasteiger partial charge is 0.507 e. The number of phenolic OH excluding ortho intramolecular Hbond substituents is 1. The quantitative estimate of drug-likeness (QED) is 0.284. The van der Waals surface area contributed by atoms with Crippen LogP contribution in [-0.2, 0) is 23.0 Å². The third-order valence-corrected chi connectivity index (χ3v) is 5.18. The molecule has 0 aliphatic rings. The Hall–Kier alpha value is -3.17. The van der Waals surface area contributed by atoms with Crippen molar-refractivity contribution in [1.82, 2.24) is 14.5 Å². The van der Waals surface area contributed by atoms with Crippen molar-refractivity contribution in [2.24, 2.45) is 0 Å². The minimum absolute atomic E-state index is 0. The predicted molar refractivity (Wildman–Crippen MR) is 117 cm³/mol. The van der Waals surface area contributed by atoms with Crippen molar-refractivity contribution < 1.29 is 21.6 Å². The van der Waals surface area contributed by atoms with Crippen LogP contribution in [0.3, 0.4) is 0 Å². The summed E-state index contributed by atoms with van der Waals surface area (Å²) in [5.41, 5.74) is 6.41. The number of para-hydroxylation sites is 1. The van der Waals surface area contributed by atoms with Crippen molar-refractivity contribution in [1.29, 1.82) is 0 Å². The van der Waals surface area contributed by atoms with Gasteiger partial charge in [0, 0.05) is 51.5 Å². The van der Waals surface area contributed by atoms with Crippen LogP contribution in [0.4, 0.5) is 0 Å². The van der Waals surface area contributed by atoms with E-state index in [1.165, 1.54) is 0 Å². The first kappa shape index (κ1) is 20.1. The minimum Gasteiger partial charge on any atom is -0.507 e. The zero-order chi connectivity index (χ0) is 19.8. The van der Waals surface area contributed by atoms with Crippen molar-refractivity contribution in [3.63, 3.8) is 0 Å². The summed E-state index contributed by atoms with van der Waals surface area (Å²) in [6, 6.07) is 25.0. The van der Waals surface area contributed by atoms with Crippen LogP contribution in [0, 0.1) is 6.07 Å². The second-order valence-electron chi connectivity index (χ2n) is 7.08. The molecule has 0 aliphatic heterocycles. The van der Waals surface area contributed by atoms with Crippen LogP contribution in [0.15, 0.2) is 72.9 Å². The number of rotatable bonds is 4. The fraction of sp³-hybridized carbons (Fsp3) is 0.120. The van der Waals surface area contributed by atoms with E-state index in [-0.39, 0.29) is 22.2 Å². The molecule has 152 valence electrons. The Morgan fingerprint density at radius 3 is 2.47 bits per heavy atom. The Kier molecular flexibility index (Phi) is 5.56. The molecule has 1 N–H and O–H groups in total. The van der Waals surface area contributed by atoms with Crippen LogP contribution in [0.5, 0.6) is 5.75 Å². The normalized spacial score (nSPS) is 11.0. The molecule has 0 saturated heterocycles. The molecule has 3 aromatic heterocycles. The van der Waals surface area contributed by atoms with Gasteiger partial charge < -0.3 is 9.67 Å². The van der Waals surface area contributed by atoms with Crippen LogP contribution in [0.25, 0.3) is 44.5 Å². The average molecular weight is 437 g/mol. The van der Waals surface area contributed by atoms with E-state index in [4.69, 9.17) is 4.98 Å². The Labute approximate surface area is 185 Å². The molecule has 5 heteroatoms. The molecule has 2 aromatic carbocycles. The maximum atomic E-state index is 10.3. The van der Waals surface area contributed by atoms with Crippen molar-refractivity contribution in [3.05, 3.63) is 79.0 Å². The molecule has 0 spiro atoms. The van der Waals surface area contributed by atoms with E-state index in [0.717, 1.165) is 57.4 Å². The van der Waals surface area contributed by atoms with Gasteiger partial charge in [0.1, 0.15) is 5.75 Å². The first-order chi connectivity index (χ1) is 14.3. The Balaban J connectivity index is 0.00000218. The molecule has 0 bridgehead atoms. The van der Waals surface area contributed by atoms with E-state index in [0.29, 0.717) is 0 Å². The van der Waals surface area contributed by atoms with E-state index >= 15 is 0 Å². The number of aryl methyl sites for hydroxylation is 1. The van der Waals surface area contributed by atoms with Gasteiger partial charge in [0.2, 0.25) is 0 Å². The van der Waals surface area contributed by atoms with Gasteiger partial charge in [0.25, 0.3) is 0 Å². The fourth-order valence-corrected chi connectivity index (χ4v) is 3.85. The SMILES string of the molecule is CCCn1c2ccc(-c3ccccn3)[c-]c2c2nc(-c3ccccc3O)ccc21.[Ni]. The number of nitrogens with zero attached hydrogens (tertiary/aromatic N) is 3. The number of fused-ring (bicyclic) bond motifs is 3. The summed E-state index contributed by atoms with van der Waals surface area (Å²) in [7, 11) is 0. The summed E-state index contributed by atoms with van der Waals surface area (Å²) < 4.78 is 2.30. The standard InChI is InChI=1S/C25H20N3O.Ni/c1-2-15-28-22-12-10-17(20-8-5-6-14-26-20)16-19(22)25-23(28)13-11-21(27-25)18-7-3-4-9-24(18)29;/h3-14,29H,2,15H2,1H3;/q-1;. The maximum absolute atomic E-state index is 10.3. The predicted octanol–water partition coefficient (Wildman–Crippen LogP) is 5.83. The van der Waals surface area contributed by atoms with Crippen molar-refractivity contribution in [3.8, 4) is 28.3 Å². The molecule has 30 heavy (non-hydrogen) atoms. The van der Waals surface area contributed by atoms with Gasteiger partial charge in [-0.2, -0.15) is 0 Å². The number of pyridine rings is 2. The molecule has 0 atom stereocenters. The maximum Gasteiger partial charge on any atom is 0.124 e. The van der Waals surface area contributed by atoms with Gasteiger partial charge in [0.15, 0.2) is 0 Å². The summed E-state index contributed by atoms with van der Waals surface area (Å²) in [5.74, 6) is 0.231. The summed E-state index contributed by atoms with van der Waals surface area (Å²) >= 11 is 0. The van der Waals surface area contributed by atoms with Crippen LogP contribution in [-0.4, -0.2) is 19.6 Å². The van der Waals surface area contributed by atoms with E-state index in [1.807, 2.05) is 42.5 Å². The molecule has 0 saturated carbocycles. The number of hydrogen-bond donors (Lipinski definition) is 1. The fourth-order valence-electron chi connectivity index (χ4n) is 3.85. The van der Waals surface area contributed by atoms with Gasteiger partial charge in [-0.25, -0.2) is 0 Å². The zero-order valence-corrected chi connectivity index (χ0v) is 17.4. The number of benzene rings is 2. The van der Waals surface area contributed by atoms with Gasteiger partial charge in [-0.05, 0) is 42.3 Å². The molecule has 5 aromatic rings. The third-order valence-electron chi connectivity index (χ3n) is 5.18. The van der Waals surface area contributed by atoms with Crippen LogP contribution < -0.4 is 0 Å². The van der Waals surface area contributed by atoms with Crippen LogP contribution >= 0.6 is 0 Å². The van der Waals surface area contributed by atoms with Gasteiger partial charge >= 0.3 is 0 Å². The Morgan fingerprint density at radius 2 is 1.70 bits per heavy atom. The van der Waals surface area contributed by atoms with E-state index < -0.39 is 0 Å². The van der Waals surface area contributed by atoms with E-state index in [1.54, 1.807) is 12.3 Å². The summed E-state index contributed by atoms with van der Waals surface area (Å²) in [6.45, 7) is 3.09. The molecule has 0 aliphatic carbocycles. The molecule has 3 heterocycles. The first-order valence-corrected chi connectivity index (χ1v) is 9.81. The summed E-state index contributed by atoms with van der Waals surface area (Å²) in [4.78, 5) is 9.40. The van der Waals surface area contributed by atoms with E-state index in [9.17, 15) is 5.11 Å². The van der Waals surface area contributed by atoms with Crippen LogP contribution in [0.2, 0.25) is 0 Å². The smallest absolute Gasteiger partial charge is 0.124 e. The second-order valence-corrected chi connectivity index (χ2v) is 7.08. The molecule has 0 radical (unpaired) electrons. The van der Waals surface area contributed by atoms with Crippen molar-refractivity contribution in [2.45, 2.75) is 19.9 Å². The third kappa shape index (κ3) is 3.36. The number of phenols is 1. The van der Waals surface area contributed by atoms with Gasteiger partial charge in [-0.3, -0.25) is 9.97 Å². The van der Waals surface area contributed by atoms with Gasteiger partial charge in [-0.15, -0.1) is 18.2 Å². The molecule has 0 fully saturated rings. The molecular formula is C25H20N3NiO-. The number of aromatic hydroxyl groups is 1. The summed E-state index contributed by atoms with van der Waals surface area (Å²) in [5, 5.41) is 11.3. The average Bonchev–Trinajstić information content (AvgIpc) is 3.07. The molecule has 5 rings (SSSR count). The monoisotopic (exact) mass is 436 g/mol. The Morgan fingerprint density at radius 1 is 0.900 bits per heavy atom. The van der Waals surface area contributed by atoms with Crippen molar-refractivity contribution in [2.75, 3.05) is 0 Å². The van der Waals surface area contributed by atoms with E-state index in [2.05, 4.69) is 40.7 Å². The van der Waals surface area contributed by atoms with Crippen LogP contribution in [0.1, 0.15) is 13.3 Å². The molecular weight excluding hydrogens is 417 g/mol. The number of hydrogen-bond acceptors (Lipinski definition) is 3. The number of aromatic nitrogens is 3. The minimum atomic E-state index is 0. The van der Waals surface area contributed by atoms with Gasteiger partial charge in [-0.1, -0.05) is 42.1 Å². The summed E-state index contributed by atoms with van der Waals surface area (Å²) in [6.07, 6.45) is 2.82. The zero-order valence-electron chi connectivity index (χ0n) is 16.4. The van der Waals surface area contributed by atoms with Crippen molar-refractivity contribution >= 4 is 21.9 Å². The first-order valence-electron chi connectivity index (χ1n) is 9.81. The Bertz CT molecular complexity index is 1330. The molecule has 0 amide bonds.